The van der Waals surface area contributed by atoms with Gasteiger partial charge in [-0.3, -0.25) is 0 Å². The maximum Gasteiger partial charge on any atom is 0.242 e. The Labute approximate surface area is 403 Å². The molecule has 0 amide bonds. The van der Waals surface area contributed by atoms with Crippen LogP contribution in [0.15, 0.2) is 176 Å². The standard InChI is InChI=1S/C64H56BNOSi/c1-39-21-23-43(24-22-39)65(63-41(3)33-40(2)34-42(63)4)59-38-55-53-18-14-20-60-62(53)56(37-54(55)48-15-10-11-17-51(48)59)52-32-28-46(36-61(52)67-60)66(44-25-29-47(30-26-44)68(7,8)9)45-27-31-50-49-16-12-13-19-57(49)64(5,6)58(50)35-45/h10-38H,1-9H3. The lowest BCUT2D eigenvalue weighted by Crippen LogP contribution is -2.54. The van der Waals surface area contributed by atoms with Crippen molar-refractivity contribution in [1.82, 2.24) is 0 Å². The number of fused-ring (bicyclic) bond motifs is 9. The molecular formula is C64H56BNOSi. The van der Waals surface area contributed by atoms with E-state index in [0.717, 1.165) is 39.5 Å². The van der Waals surface area contributed by atoms with Crippen molar-refractivity contribution in [3.8, 4) is 33.8 Å². The van der Waals surface area contributed by atoms with E-state index in [-0.39, 0.29) is 12.1 Å². The Kier molecular flexibility index (Phi) is 9.60. The van der Waals surface area contributed by atoms with Crippen molar-refractivity contribution in [2.45, 2.75) is 66.6 Å². The molecule has 0 radical (unpaired) electrons. The third-order valence-electron chi connectivity index (χ3n) is 15.3. The number of benzene rings is 10. The van der Waals surface area contributed by atoms with E-state index in [2.05, 4.69) is 242 Å². The van der Waals surface area contributed by atoms with E-state index in [1.54, 1.807) is 0 Å². The minimum absolute atomic E-state index is 0.0495. The first kappa shape index (κ1) is 42.2. The van der Waals surface area contributed by atoms with Crippen molar-refractivity contribution < 1.29 is 4.74 Å². The summed E-state index contributed by atoms with van der Waals surface area (Å²) in [5.74, 6) is 1.76. The number of rotatable bonds is 7. The van der Waals surface area contributed by atoms with Crippen LogP contribution in [0.3, 0.4) is 0 Å². The van der Waals surface area contributed by atoms with Crippen LogP contribution in [0.1, 0.15) is 47.2 Å². The molecule has 0 spiro atoms. The highest BCUT2D eigenvalue weighted by Gasteiger charge is 2.36. The summed E-state index contributed by atoms with van der Waals surface area (Å²) in [5.41, 5.74) is 20.1. The molecule has 10 aromatic rings. The molecule has 2 nitrogen and oxygen atoms in total. The monoisotopic (exact) mass is 893 g/mol. The van der Waals surface area contributed by atoms with Gasteiger partial charge in [-0.2, -0.15) is 0 Å². The molecule has 0 bridgehead atoms. The molecule has 0 atom stereocenters. The van der Waals surface area contributed by atoms with Gasteiger partial charge in [-0.25, -0.2) is 0 Å². The van der Waals surface area contributed by atoms with Crippen LogP contribution in [0.2, 0.25) is 19.6 Å². The molecule has 0 saturated carbocycles. The van der Waals surface area contributed by atoms with Crippen molar-refractivity contribution in [1.29, 1.82) is 0 Å². The smallest absolute Gasteiger partial charge is 0.242 e. The van der Waals surface area contributed by atoms with Crippen molar-refractivity contribution in [2.75, 3.05) is 4.90 Å². The van der Waals surface area contributed by atoms with E-state index >= 15 is 0 Å². The van der Waals surface area contributed by atoms with Crippen LogP contribution < -0.4 is 31.2 Å². The Morgan fingerprint density at radius 2 is 1.07 bits per heavy atom. The third kappa shape index (κ3) is 6.60. The molecular weight excluding hydrogens is 838 g/mol. The third-order valence-corrected chi connectivity index (χ3v) is 17.4. The Morgan fingerprint density at radius 1 is 0.456 bits per heavy atom. The molecule has 1 aliphatic heterocycles. The summed E-state index contributed by atoms with van der Waals surface area (Å²) in [5, 5.41) is 8.87. The van der Waals surface area contributed by atoms with E-state index in [9.17, 15) is 0 Å². The minimum Gasteiger partial charge on any atom is -0.456 e. The summed E-state index contributed by atoms with van der Waals surface area (Å²) < 4.78 is 7.11. The lowest BCUT2D eigenvalue weighted by molar-refractivity contribution is 0.487. The summed E-state index contributed by atoms with van der Waals surface area (Å²) in [4.78, 5) is 2.42. The average molecular weight is 894 g/mol. The highest BCUT2D eigenvalue weighted by Crippen LogP contribution is 2.53. The second-order valence-electron chi connectivity index (χ2n) is 21.2. The van der Waals surface area contributed by atoms with Crippen LogP contribution in [0.4, 0.5) is 17.1 Å². The highest BCUT2D eigenvalue weighted by molar-refractivity contribution is 6.97. The van der Waals surface area contributed by atoms with Crippen LogP contribution in [-0.2, 0) is 5.41 Å². The molecule has 68 heavy (non-hydrogen) atoms. The fourth-order valence-electron chi connectivity index (χ4n) is 12.0. The first-order chi connectivity index (χ1) is 32.7. The van der Waals surface area contributed by atoms with Gasteiger partial charge < -0.3 is 9.64 Å². The van der Waals surface area contributed by atoms with E-state index in [1.165, 1.54) is 98.6 Å². The van der Waals surface area contributed by atoms with Crippen molar-refractivity contribution in [3.05, 3.63) is 209 Å². The second kappa shape index (κ2) is 15.5. The molecule has 0 fully saturated rings. The number of hydrogen-bond acceptors (Lipinski definition) is 2. The van der Waals surface area contributed by atoms with E-state index < -0.39 is 8.07 Å². The first-order valence-corrected chi connectivity index (χ1v) is 27.8. The van der Waals surface area contributed by atoms with Crippen molar-refractivity contribution in [2.24, 2.45) is 0 Å². The molecule has 1 aliphatic carbocycles. The predicted octanol–water partition coefficient (Wildman–Crippen LogP) is 15.0. The normalized spacial score (nSPS) is 13.3. The SMILES string of the molecule is Cc1ccc(B(c2c(C)cc(C)cc2C)c2cc3c4cccc5c4c(cc3c3ccccc23)-c2ccc(N(c3ccc([Si](C)(C)C)cc3)c3ccc4c(c3)C(C)(C)c3ccccc3-4)cc2O5)cc1. The maximum absolute atomic E-state index is 7.11. The summed E-state index contributed by atoms with van der Waals surface area (Å²) in [6.07, 6.45) is 0. The molecule has 10 aromatic carbocycles. The van der Waals surface area contributed by atoms with Gasteiger partial charge in [0.15, 0.2) is 0 Å². The van der Waals surface area contributed by atoms with Gasteiger partial charge >= 0.3 is 0 Å². The van der Waals surface area contributed by atoms with Gasteiger partial charge in [-0.15, -0.1) is 0 Å². The molecule has 4 heteroatoms. The van der Waals surface area contributed by atoms with Gasteiger partial charge in [0.1, 0.15) is 11.5 Å². The van der Waals surface area contributed by atoms with Crippen molar-refractivity contribution >= 4 is 85.7 Å². The lowest BCUT2D eigenvalue weighted by Gasteiger charge is -2.30. The zero-order chi connectivity index (χ0) is 46.8. The van der Waals surface area contributed by atoms with Gasteiger partial charge in [-0.05, 0) is 131 Å². The Bertz CT molecular complexity index is 3690. The van der Waals surface area contributed by atoms with Crippen LogP contribution in [-0.4, -0.2) is 14.8 Å². The van der Waals surface area contributed by atoms with Crippen LogP contribution >= 0.6 is 0 Å². The maximum atomic E-state index is 7.11. The van der Waals surface area contributed by atoms with E-state index in [1.807, 2.05) is 0 Å². The number of hydrogen-bond donors (Lipinski definition) is 0. The highest BCUT2D eigenvalue weighted by atomic mass is 28.3. The Morgan fingerprint density at radius 3 is 1.81 bits per heavy atom. The minimum atomic E-state index is -1.52. The van der Waals surface area contributed by atoms with Gasteiger partial charge in [0, 0.05) is 39.5 Å². The van der Waals surface area contributed by atoms with Gasteiger partial charge in [0.05, 0.1) is 8.07 Å². The van der Waals surface area contributed by atoms with Gasteiger partial charge in [0.25, 0.3) is 0 Å². The van der Waals surface area contributed by atoms with E-state index in [0.29, 0.717) is 0 Å². The topological polar surface area (TPSA) is 12.5 Å². The summed E-state index contributed by atoms with van der Waals surface area (Å²) >= 11 is 0. The van der Waals surface area contributed by atoms with E-state index in [4.69, 9.17) is 4.74 Å². The number of nitrogens with zero attached hydrogens (tertiary/aromatic N) is 1. The lowest BCUT2D eigenvalue weighted by atomic mass is 9.35. The zero-order valence-corrected chi connectivity index (χ0v) is 41.7. The second-order valence-corrected chi connectivity index (χ2v) is 26.3. The summed E-state index contributed by atoms with van der Waals surface area (Å²) in [6.45, 7) is 21.0. The molecule has 330 valence electrons. The molecule has 2 aliphatic rings. The van der Waals surface area contributed by atoms with Gasteiger partial charge in [-0.1, -0.05) is 199 Å². The zero-order valence-electron chi connectivity index (χ0n) is 40.7. The number of ether oxygens (including phenoxy) is 1. The Balaban J connectivity index is 1.05. The van der Waals surface area contributed by atoms with Crippen molar-refractivity contribution in [3.63, 3.8) is 0 Å². The summed E-state index contributed by atoms with van der Waals surface area (Å²) in [6, 6.07) is 66.7. The Hall–Kier alpha value is -7.14. The predicted molar refractivity (Wildman–Crippen MR) is 296 cm³/mol. The van der Waals surface area contributed by atoms with Crippen LogP contribution in [0, 0.1) is 27.7 Å². The molecule has 0 N–H and O–H groups in total. The van der Waals surface area contributed by atoms with Gasteiger partial charge in [0.2, 0.25) is 6.71 Å². The molecule has 0 aromatic heterocycles. The fourth-order valence-corrected chi connectivity index (χ4v) is 13.1. The summed E-state index contributed by atoms with van der Waals surface area (Å²) in [7, 11) is -1.52. The largest absolute Gasteiger partial charge is 0.456 e. The molecule has 1 heterocycles. The average Bonchev–Trinajstić information content (AvgIpc) is 3.55. The molecule has 0 unspecified atom stereocenters. The quantitative estimate of drug-likeness (QED) is 0.117. The number of aryl methyl sites for hydroxylation is 4. The first-order valence-electron chi connectivity index (χ1n) is 24.3. The van der Waals surface area contributed by atoms with Crippen LogP contribution in [0.5, 0.6) is 11.5 Å². The van der Waals surface area contributed by atoms with Crippen LogP contribution in [0.25, 0.3) is 54.6 Å². The molecule has 0 saturated heterocycles. The number of anilines is 3. The molecule has 12 rings (SSSR count). The fraction of sp³-hybridized carbons (Fsp3) is 0.156.